The standard InChI is InChI=1S/C17H19F2N/c1-2-3-4-17(13-5-7-14(18)8-6-13)20-16-11-9-15(19)10-12-16/h5-12,17,20H,2-4H2,1H3. The predicted octanol–water partition coefficient (Wildman–Crippen LogP) is 5.31. The molecule has 0 fully saturated rings. The zero-order valence-electron chi connectivity index (χ0n) is 11.6. The Morgan fingerprint density at radius 2 is 1.45 bits per heavy atom. The van der Waals surface area contributed by atoms with Gasteiger partial charge in [0.25, 0.3) is 0 Å². The summed E-state index contributed by atoms with van der Waals surface area (Å²) in [4.78, 5) is 0. The lowest BCUT2D eigenvalue weighted by Crippen LogP contribution is -2.10. The van der Waals surface area contributed by atoms with E-state index in [1.807, 2.05) is 0 Å². The third kappa shape index (κ3) is 4.05. The summed E-state index contributed by atoms with van der Waals surface area (Å²) >= 11 is 0. The summed E-state index contributed by atoms with van der Waals surface area (Å²) in [6.07, 6.45) is 3.14. The van der Waals surface area contributed by atoms with Crippen LogP contribution >= 0.6 is 0 Å². The molecule has 1 atom stereocenters. The fourth-order valence-corrected chi connectivity index (χ4v) is 2.17. The molecule has 106 valence electrons. The van der Waals surface area contributed by atoms with Crippen LogP contribution in [-0.2, 0) is 0 Å². The van der Waals surface area contributed by atoms with E-state index in [1.54, 1.807) is 24.3 Å². The van der Waals surface area contributed by atoms with Crippen molar-refractivity contribution in [2.45, 2.75) is 32.2 Å². The maximum Gasteiger partial charge on any atom is 0.123 e. The van der Waals surface area contributed by atoms with Crippen molar-refractivity contribution in [1.82, 2.24) is 0 Å². The molecule has 0 heterocycles. The van der Waals surface area contributed by atoms with Gasteiger partial charge in [0.2, 0.25) is 0 Å². The van der Waals surface area contributed by atoms with Crippen LogP contribution in [-0.4, -0.2) is 0 Å². The van der Waals surface area contributed by atoms with Crippen molar-refractivity contribution in [2.24, 2.45) is 0 Å². The first kappa shape index (κ1) is 14.5. The number of unbranched alkanes of at least 4 members (excludes halogenated alkanes) is 1. The van der Waals surface area contributed by atoms with E-state index in [0.29, 0.717) is 0 Å². The summed E-state index contributed by atoms with van der Waals surface area (Å²) in [5.74, 6) is -0.479. The minimum Gasteiger partial charge on any atom is -0.378 e. The van der Waals surface area contributed by atoms with Gasteiger partial charge in [-0.25, -0.2) is 8.78 Å². The van der Waals surface area contributed by atoms with Crippen molar-refractivity contribution in [1.29, 1.82) is 0 Å². The highest BCUT2D eigenvalue weighted by Gasteiger charge is 2.11. The summed E-state index contributed by atoms with van der Waals surface area (Å²) in [5, 5.41) is 3.39. The van der Waals surface area contributed by atoms with Crippen LogP contribution in [0.3, 0.4) is 0 Å². The molecule has 3 heteroatoms. The van der Waals surface area contributed by atoms with E-state index < -0.39 is 0 Å². The number of halogens is 2. The number of hydrogen-bond donors (Lipinski definition) is 1. The first-order valence-electron chi connectivity index (χ1n) is 6.96. The summed E-state index contributed by atoms with van der Waals surface area (Å²) in [5.41, 5.74) is 1.92. The van der Waals surface area contributed by atoms with Gasteiger partial charge in [0.1, 0.15) is 11.6 Å². The summed E-state index contributed by atoms with van der Waals surface area (Å²) in [7, 11) is 0. The molecule has 0 bridgehead atoms. The largest absolute Gasteiger partial charge is 0.378 e. The molecule has 1 unspecified atom stereocenters. The van der Waals surface area contributed by atoms with Gasteiger partial charge >= 0.3 is 0 Å². The molecule has 1 N–H and O–H groups in total. The first-order chi connectivity index (χ1) is 9.69. The van der Waals surface area contributed by atoms with Crippen molar-refractivity contribution in [2.75, 3.05) is 5.32 Å². The minimum atomic E-state index is -0.248. The topological polar surface area (TPSA) is 12.0 Å². The Labute approximate surface area is 118 Å². The van der Waals surface area contributed by atoms with Crippen LogP contribution in [0.1, 0.15) is 37.8 Å². The molecule has 2 aromatic carbocycles. The van der Waals surface area contributed by atoms with Crippen LogP contribution < -0.4 is 5.32 Å². The molecule has 0 aliphatic rings. The van der Waals surface area contributed by atoms with Crippen LogP contribution in [0.25, 0.3) is 0 Å². The van der Waals surface area contributed by atoms with Gasteiger partial charge in [-0.3, -0.25) is 0 Å². The first-order valence-corrected chi connectivity index (χ1v) is 6.96. The maximum absolute atomic E-state index is 13.0. The number of hydrogen-bond acceptors (Lipinski definition) is 1. The Morgan fingerprint density at radius 1 is 0.900 bits per heavy atom. The second kappa shape index (κ2) is 7.04. The molecule has 0 aliphatic carbocycles. The Bertz CT molecular complexity index is 520. The van der Waals surface area contributed by atoms with E-state index in [9.17, 15) is 8.78 Å². The van der Waals surface area contributed by atoms with Crippen molar-refractivity contribution in [3.8, 4) is 0 Å². The van der Waals surface area contributed by atoms with E-state index >= 15 is 0 Å². The predicted molar refractivity (Wildman–Crippen MR) is 78.7 cm³/mol. The van der Waals surface area contributed by atoms with E-state index in [1.165, 1.54) is 24.3 Å². The van der Waals surface area contributed by atoms with Gasteiger partial charge in [-0.05, 0) is 48.4 Å². The number of benzene rings is 2. The number of rotatable bonds is 6. The van der Waals surface area contributed by atoms with Crippen LogP contribution in [0.2, 0.25) is 0 Å². The van der Waals surface area contributed by atoms with Crippen LogP contribution in [0.4, 0.5) is 14.5 Å². The minimum absolute atomic E-state index is 0.112. The molecule has 20 heavy (non-hydrogen) atoms. The second-order valence-electron chi connectivity index (χ2n) is 4.90. The summed E-state index contributed by atoms with van der Waals surface area (Å²) in [6.45, 7) is 2.14. The highest BCUT2D eigenvalue weighted by atomic mass is 19.1. The Morgan fingerprint density at radius 3 is 2.00 bits per heavy atom. The lowest BCUT2D eigenvalue weighted by atomic mass is 10.0. The SMILES string of the molecule is CCCCC(Nc1ccc(F)cc1)c1ccc(F)cc1. The molecular weight excluding hydrogens is 256 g/mol. The maximum atomic E-state index is 13.0. The Kier molecular flexibility index (Phi) is 5.10. The van der Waals surface area contributed by atoms with Crippen LogP contribution in [0.15, 0.2) is 48.5 Å². The normalized spacial score (nSPS) is 12.2. The van der Waals surface area contributed by atoms with Gasteiger partial charge in [-0.1, -0.05) is 31.9 Å². The third-order valence-corrected chi connectivity index (χ3v) is 3.30. The molecule has 0 aromatic heterocycles. The van der Waals surface area contributed by atoms with Crippen LogP contribution in [0.5, 0.6) is 0 Å². The summed E-state index contributed by atoms with van der Waals surface area (Å²) in [6, 6.07) is 13.0. The quantitative estimate of drug-likeness (QED) is 0.753. The van der Waals surface area contributed by atoms with Crippen molar-refractivity contribution in [3.05, 3.63) is 65.7 Å². The lowest BCUT2D eigenvalue weighted by molar-refractivity contribution is 0.615. The van der Waals surface area contributed by atoms with Crippen molar-refractivity contribution < 1.29 is 8.78 Å². The zero-order valence-corrected chi connectivity index (χ0v) is 11.6. The number of anilines is 1. The van der Waals surface area contributed by atoms with Gasteiger partial charge in [0.05, 0.1) is 6.04 Å². The molecular formula is C17H19F2N. The third-order valence-electron chi connectivity index (χ3n) is 3.30. The molecule has 0 aliphatic heterocycles. The highest BCUT2D eigenvalue weighted by molar-refractivity contribution is 5.45. The fourth-order valence-electron chi connectivity index (χ4n) is 2.17. The molecule has 0 radical (unpaired) electrons. The molecule has 0 saturated heterocycles. The van der Waals surface area contributed by atoms with Gasteiger partial charge in [0, 0.05) is 5.69 Å². The molecule has 0 amide bonds. The van der Waals surface area contributed by atoms with Crippen LogP contribution in [0, 0.1) is 11.6 Å². The van der Waals surface area contributed by atoms with Gasteiger partial charge in [0.15, 0.2) is 0 Å². The van der Waals surface area contributed by atoms with E-state index in [4.69, 9.17) is 0 Å². The average Bonchev–Trinajstić information content (AvgIpc) is 2.46. The van der Waals surface area contributed by atoms with Gasteiger partial charge < -0.3 is 5.32 Å². The molecule has 0 spiro atoms. The average molecular weight is 275 g/mol. The molecule has 0 saturated carbocycles. The molecule has 2 aromatic rings. The smallest absolute Gasteiger partial charge is 0.123 e. The molecule has 2 rings (SSSR count). The summed E-state index contributed by atoms with van der Waals surface area (Å²) < 4.78 is 25.9. The Hall–Kier alpha value is -1.90. The fraction of sp³-hybridized carbons (Fsp3) is 0.294. The van der Waals surface area contributed by atoms with E-state index in [2.05, 4.69) is 12.2 Å². The number of nitrogens with one attached hydrogen (secondary N) is 1. The van der Waals surface area contributed by atoms with Crippen molar-refractivity contribution in [3.63, 3.8) is 0 Å². The molecule has 1 nitrogen and oxygen atoms in total. The van der Waals surface area contributed by atoms with Gasteiger partial charge in [-0.15, -0.1) is 0 Å². The monoisotopic (exact) mass is 275 g/mol. The lowest BCUT2D eigenvalue weighted by Gasteiger charge is -2.20. The van der Waals surface area contributed by atoms with Crippen molar-refractivity contribution >= 4 is 5.69 Å². The van der Waals surface area contributed by atoms with Gasteiger partial charge in [-0.2, -0.15) is 0 Å². The zero-order chi connectivity index (χ0) is 14.4. The highest BCUT2D eigenvalue weighted by Crippen LogP contribution is 2.25. The van der Waals surface area contributed by atoms with E-state index in [-0.39, 0.29) is 17.7 Å². The Balaban J connectivity index is 2.14. The second-order valence-corrected chi connectivity index (χ2v) is 4.90. The van der Waals surface area contributed by atoms with E-state index in [0.717, 1.165) is 30.5 Å².